The average Bonchev–Trinajstić information content (AvgIpc) is 3.15. The van der Waals surface area contributed by atoms with Gasteiger partial charge < -0.3 is 15.0 Å². The van der Waals surface area contributed by atoms with Gasteiger partial charge in [-0.3, -0.25) is 9.59 Å². The van der Waals surface area contributed by atoms with E-state index in [-0.39, 0.29) is 24.7 Å². The van der Waals surface area contributed by atoms with Gasteiger partial charge >= 0.3 is 5.97 Å². The first-order chi connectivity index (χ1) is 13.0. The molecule has 0 fully saturated rings. The Morgan fingerprint density at radius 2 is 2.04 bits per heavy atom. The van der Waals surface area contributed by atoms with E-state index in [1.807, 2.05) is 11.8 Å². The van der Waals surface area contributed by atoms with Crippen molar-refractivity contribution in [1.82, 2.24) is 4.90 Å². The highest BCUT2D eigenvalue weighted by Crippen LogP contribution is 2.24. The molecule has 27 heavy (non-hydrogen) atoms. The Hall–Kier alpha value is -2.67. The first kappa shape index (κ1) is 19.1. The molecular formula is C20H22N2O4S. The number of methoxy groups -OCH3 is 1. The largest absolute Gasteiger partial charge is 0.465 e. The molecule has 1 N–H and O–H groups in total. The van der Waals surface area contributed by atoms with Crippen LogP contribution in [0.3, 0.4) is 0 Å². The Balaban J connectivity index is 1.54. The van der Waals surface area contributed by atoms with Gasteiger partial charge in [0.05, 0.1) is 12.7 Å². The van der Waals surface area contributed by atoms with E-state index in [9.17, 15) is 14.4 Å². The number of nitrogens with one attached hydrogen (secondary N) is 1. The predicted octanol–water partition coefficient (Wildman–Crippen LogP) is 3.15. The van der Waals surface area contributed by atoms with E-state index in [1.54, 1.807) is 29.5 Å². The maximum absolute atomic E-state index is 12.4. The van der Waals surface area contributed by atoms with E-state index < -0.39 is 5.97 Å². The number of amides is 2. The van der Waals surface area contributed by atoms with Crippen LogP contribution in [0, 0.1) is 6.92 Å². The Morgan fingerprint density at radius 1 is 1.22 bits per heavy atom. The van der Waals surface area contributed by atoms with Crippen molar-refractivity contribution in [3.63, 3.8) is 0 Å². The quantitative estimate of drug-likeness (QED) is 0.801. The van der Waals surface area contributed by atoms with Gasteiger partial charge in [-0.05, 0) is 48.1 Å². The van der Waals surface area contributed by atoms with Gasteiger partial charge in [-0.1, -0.05) is 6.07 Å². The molecule has 142 valence electrons. The number of carbonyl (C=O) groups excluding carboxylic acids is 3. The van der Waals surface area contributed by atoms with E-state index >= 15 is 0 Å². The van der Waals surface area contributed by atoms with Crippen LogP contribution in [0.15, 0.2) is 29.6 Å². The smallest absolute Gasteiger partial charge is 0.337 e. The minimum atomic E-state index is -0.460. The van der Waals surface area contributed by atoms with Gasteiger partial charge in [-0.2, -0.15) is 0 Å². The third kappa shape index (κ3) is 4.54. The molecule has 0 saturated carbocycles. The normalized spacial score (nSPS) is 13.0. The summed E-state index contributed by atoms with van der Waals surface area (Å²) < 4.78 is 4.70. The first-order valence-corrected chi connectivity index (χ1v) is 9.67. The number of fused-ring (bicyclic) bond motifs is 1. The summed E-state index contributed by atoms with van der Waals surface area (Å²) in [6, 6.07) is 7.04. The number of esters is 1. The molecule has 3 rings (SSSR count). The summed E-state index contributed by atoms with van der Waals surface area (Å²) >= 11 is 1.73. The molecule has 0 atom stereocenters. The molecule has 0 unspecified atom stereocenters. The Bertz CT molecular complexity index is 875. The molecule has 2 amide bonds. The SMILES string of the molecule is COC(=O)c1ccc(C)c(NC(=O)CCC(=O)N2CCc3sccc3C2)c1. The van der Waals surface area contributed by atoms with Crippen molar-refractivity contribution in [2.45, 2.75) is 32.7 Å². The van der Waals surface area contributed by atoms with Gasteiger partial charge in [-0.15, -0.1) is 11.3 Å². The molecule has 2 aromatic rings. The van der Waals surface area contributed by atoms with Crippen molar-refractivity contribution >= 4 is 34.8 Å². The zero-order chi connectivity index (χ0) is 19.4. The second-order valence-electron chi connectivity index (χ2n) is 6.50. The summed E-state index contributed by atoms with van der Waals surface area (Å²) in [5, 5.41) is 4.84. The van der Waals surface area contributed by atoms with Gasteiger partial charge in [0, 0.05) is 36.5 Å². The number of ether oxygens (including phenoxy) is 1. The fourth-order valence-corrected chi connectivity index (χ4v) is 3.94. The van der Waals surface area contributed by atoms with Crippen LogP contribution >= 0.6 is 11.3 Å². The Labute approximate surface area is 162 Å². The summed E-state index contributed by atoms with van der Waals surface area (Å²) in [4.78, 5) is 39.5. The van der Waals surface area contributed by atoms with Gasteiger partial charge in [0.15, 0.2) is 0 Å². The summed E-state index contributed by atoms with van der Waals surface area (Å²) in [5.74, 6) is -0.720. The van der Waals surface area contributed by atoms with Crippen LogP contribution in [0.4, 0.5) is 5.69 Å². The maximum Gasteiger partial charge on any atom is 0.337 e. The van der Waals surface area contributed by atoms with Crippen molar-refractivity contribution in [2.75, 3.05) is 19.0 Å². The molecule has 0 radical (unpaired) electrons. The Morgan fingerprint density at radius 3 is 2.81 bits per heavy atom. The number of benzene rings is 1. The number of thiophene rings is 1. The van der Waals surface area contributed by atoms with E-state index in [2.05, 4.69) is 16.8 Å². The number of aryl methyl sites for hydroxylation is 1. The van der Waals surface area contributed by atoms with Crippen LogP contribution < -0.4 is 5.32 Å². The van der Waals surface area contributed by atoms with E-state index in [0.717, 1.165) is 12.0 Å². The highest BCUT2D eigenvalue weighted by Gasteiger charge is 2.22. The van der Waals surface area contributed by atoms with Crippen LogP contribution in [0.2, 0.25) is 0 Å². The number of hydrogen-bond acceptors (Lipinski definition) is 5. The lowest BCUT2D eigenvalue weighted by molar-refractivity contribution is -0.133. The van der Waals surface area contributed by atoms with E-state index in [4.69, 9.17) is 4.74 Å². The van der Waals surface area contributed by atoms with Crippen molar-refractivity contribution in [1.29, 1.82) is 0 Å². The molecule has 1 aliphatic heterocycles. The molecule has 1 aromatic heterocycles. The van der Waals surface area contributed by atoms with Gasteiger partial charge in [-0.25, -0.2) is 4.79 Å². The molecule has 0 saturated heterocycles. The fourth-order valence-electron chi connectivity index (χ4n) is 3.05. The highest BCUT2D eigenvalue weighted by atomic mass is 32.1. The molecule has 0 aliphatic carbocycles. The lowest BCUT2D eigenvalue weighted by Gasteiger charge is -2.27. The fraction of sp³-hybridized carbons (Fsp3) is 0.350. The van der Waals surface area contributed by atoms with Crippen LogP contribution in [0.25, 0.3) is 0 Å². The molecule has 1 aromatic carbocycles. The van der Waals surface area contributed by atoms with Crippen LogP contribution in [-0.2, 0) is 27.3 Å². The molecule has 1 aliphatic rings. The number of carbonyl (C=O) groups is 3. The van der Waals surface area contributed by atoms with E-state index in [0.29, 0.717) is 24.3 Å². The highest BCUT2D eigenvalue weighted by molar-refractivity contribution is 7.10. The lowest BCUT2D eigenvalue weighted by atomic mass is 10.1. The molecule has 0 bridgehead atoms. The number of nitrogens with zero attached hydrogens (tertiary/aromatic N) is 1. The zero-order valence-electron chi connectivity index (χ0n) is 15.4. The topological polar surface area (TPSA) is 75.7 Å². The monoisotopic (exact) mass is 386 g/mol. The third-order valence-electron chi connectivity index (χ3n) is 4.66. The third-order valence-corrected chi connectivity index (χ3v) is 5.68. The summed E-state index contributed by atoms with van der Waals surface area (Å²) in [6.45, 7) is 3.17. The molecular weight excluding hydrogens is 364 g/mol. The minimum absolute atomic E-state index is 0.0120. The van der Waals surface area contributed by atoms with Crippen molar-refractivity contribution < 1.29 is 19.1 Å². The Kier molecular flexibility index (Phi) is 5.91. The van der Waals surface area contributed by atoms with Crippen molar-refractivity contribution in [2.24, 2.45) is 0 Å². The second kappa shape index (κ2) is 8.35. The number of anilines is 1. The summed E-state index contributed by atoms with van der Waals surface area (Å²) in [6.07, 6.45) is 1.15. The molecule has 6 nitrogen and oxygen atoms in total. The van der Waals surface area contributed by atoms with Gasteiger partial charge in [0.25, 0.3) is 0 Å². The van der Waals surface area contributed by atoms with Crippen LogP contribution in [0.1, 0.15) is 39.2 Å². The summed E-state index contributed by atoms with van der Waals surface area (Å²) in [7, 11) is 1.31. The van der Waals surface area contributed by atoms with Gasteiger partial charge in [0.2, 0.25) is 11.8 Å². The van der Waals surface area contributed by atoms with Crippen LogP contribution in [-0.4, -0.2) is 36.3 Å². The van der Waals surface area contributed by atoms with Crippen molar-refractivity contribution in [3.8, 4) is 0 Å². The standard InChI is InChI=1S/C20H22N2O4S/c1-13-3-4-14(20(25)26-2)11-16(13)21-18(23)5-6-19(24)22-9-7-17-15(12-22)8-10-27-17/h3-4,8,10-11H,5-7,9,12H2,1-2H3,(H,21,23). The predicted molar refractivity (Wildman–Crippen MR) is 104 cm³/mol. The lowest BCUT2D eigenvalue weighted by Crippen LogP contribution is -2.35. The molecule has 2 heterocycles. The van der Waals surface area contributed by atoms with E-state index in [1.165, 1.54) is 17.6 Å². The maximum atomic E-state index is 12.4. The average molecular weight is 386 g/mol. The zero-order valence-corrected chi connectivity index (χ0v) is 16.2. The second-order valence-corrected chi connectivity index (χ2v) is 7.50. The number of hydrogen-bond donors (Lipinski definition) is 1. The van der Waals surface area contributed by atoms with Crippen molar-refractivity contribution in [3.05, 3.63) is 51.2 Å². The first-order valence-electron chi connectivity index (χ1n) is 8.79. The minimum Gasteiger partial charge on any atom is -0.465 e. The molecule has 0 spiro atoms. The molecule has 7 heteroatoms. The summed E-state index contributed by atoms with van der Waals surface area (Å²) in [5.41, 5.74) is 2.97. The van der Waals surface area contributed by atoms with Crippen LogP contribution in [0.5, 0.6) is 0 Å². The number of rotatable bonds is 5. The van der Waals surface area contributed by atoms with Gasteiger partial charge in [0.1, 0.15) is 0 Å².